The van der Waals surface area contributed by atoms with Crippen LogP contribution in [0, 0.1) is 6.92 Å². The molecule has 1 rings (SSSR count). The summed E-state index contributed by atoms with van der Waals surface area (Å²) in [6, 6.07) is 5.72. The Labute approximate surface area is 103 Å². The zero-order valence-corrected chi connectivity index (χ0v) is 11.0. The number of amides is 1. The van der Waals surface area contributed by atoms with Crippen molar-refractivity contribution >= 4 is 5.91 Å². The minimum Gasteiger partial charge on any atom is -0.395 e. The number of aliphatic hydroxyl groups is 1. The normalized spacial score (nSPS) is 11.4. The molecule has 0 heterocycles. The highest BCUT2D eigenvalue weighted by atomic mass is 16.3. The van der Waals surface area contributed by atoms with E-state index in [4.69, 9.17) is 5.11 Å². The maximum Gasteiger partial charge on any atom is 0.251 e. The summed E-state index contributed by atoms with van der Waals surface area (Å²) in [5.74, 6) is -0.135. The van der Waals surface area contributed by atoms with Crippen LogP contribution in [0.5, 0.6) is 0 Å². The van der Waals surface area contributed by atoms with Gasteiger partial charge in [0.15, 0.2) is 0 Å². The summed E-state index contributed by atoms with van der Waals surface area (Å²) in [6.07, 6.45) is 0. The minimum absolute atomic E-state index is 0.0252. The molecule has 0 saturated carbocycles. The van der Waals surface area contributed by atoms with Gasteiger partial charge in [0.1, 0.15) is 0 Å². The smallest absolute Gasteiger partial charge is 0.251 e. The number of hydrogen-bond donors (Lipinski definition) is 2. The lowest BCUT2D eigenvalue weighted by Crippen LogP contribution is -2.27. The maximum absolute atomic E-state index is 11.8. The summed E-state index contributed by atoms with van der Waals surface area (Å²) in [5, 5.41) is 11.3. The van der Waals surface area contributed by atoms with Crippen LogP contribution in [-0.4, -0.2) is 24.2 Å². The van der Waals surface area contributed by atoms with Crippen LogP contribution in [0.15, 0.2) is 18.2 Å². The van der Waals surface area contributed by atoms with Crippen molar-refractivity contribution in [3.8, 4) is 0 Å². The molecule has 0 saturated heterocycles. The molecule has 0 aliphatic rings. The average Bonchev–Trinajstić information content (AvgIpc) is 2.25. The van der Waals surface area contributed by atoms with Crippen LogP contribution in [0.1, 0.15) is 42.3 Å². The SMILES string of the molecule is Cc1ccc(C(=O)NCCO)cc1C(C)(C)C. The summed E-state index contributed by atoms with van der Waals surface area (Å²) in [4.78, 5) is 11.8. The fourth-order valence-corrected chi connectivity index (χ4v) is 1.84. The van der Waals surface area contributed by atoms with Crippen molar-refractivity contribution in [1.29, 1.82) is 0 Å². The molecular formula is C14H21NO2. The Bertz CT molecular complexity index is 405. The Morgan fingerprint density at radius 2 is 2.00 bits per heavy atom. The molecular weight excluding hydrogens is 214 g/mol. The van der Waals surface area contributed by atoms with Gasteiger partial charge in [-0.3, -0.25) is 4.79 Å². The van der Waals surface area contributed by atoms with Crippen molar-refractivity contribution < 1.29 is 9.90 Å². The number of carbonyl (C=O) groups excluding carboxylic acids is 1. The van der Waals surface area contributed by atoms with Gasteiger partial charge in [-0.25, -0.2) is 0 Å². The first-order valence-electron chi connectivity index (χ1n) is 5.86. The second-order valence-corrected chi connectivity index (χ2v) is 5.26. The monoisotopic (exact) mass is 235 g/mol. The van der Waals surface area contributed by atoms with Gasteiger partial charge in [-0.05, 0) is 35.6 Å². The summed E-state index contributed by atoms with van der Waals surface area (Å²) < 4.78 is 0. The lowest BCUT2D eigenvalue weighted by Gasteiger charge is -2.22. The van der Waals surface area contributed by atoms with Gasteiger partial charge in [-0.15, -0.1) is 0 Å². The first-order valence-corrected chi connectivity index (χ1v) is 5.86. The van der Waals surface area contributed by atoms with Crippen molar-refractivity contribution in [2.45, 2.75) is 33.1 Å². The van der Waals surface area contributed by atoms with Crippen molar-refractivity contribution in [3.63, 3.8) is 0 Å². The van der Waals surface area contributed by atoms with E-state index in [9.17, 15) is 4.79 Å². The van der Waals surface area contributed by atoms with Gasteiger partial charge in [0, 0.05) is 12.1 Å². The molecule has 3 nitrogen and oxygen atoms in total. The highest BCUT2D eigenvalue weighted by Crippen LogP contribution is 2.26. The van der Waals surface area contributed by atoms with Crippen LogP contribution in [0.25, 0.3) is 0 Å². The largest absolute Gasteiger partial charge is 0.395 e. The van der Waals surface area contributed by atoms with Gasteiger partial charge in [0.2, 0.25) is 0 Å². The summed E-state index contributed by atoms with van der Waals surface area (Å²) in [7, 11) is 0. The molecule has 0 spiro atoms. The number of hydrogen-bond acceptors (Lipinski definition) is 2. The van der Waals surface area contributed by atoms with Gasteiger partial charge >= 0.3 is 0 Å². The maximum atomic E-state index is 11.8. The third-order valence-electron chi connectivity index (χ3n) is 2.71. The standard InChI is InChI=1S/C14H21NO2/c1-10-5-6-11(13(17)15-7-8-16)9-12(10)14(2,3)4/h5-6,9,16H,7-8H2,1-4H3,(H,15,17). The highest BCUT2D eigenvalue weighted by molar-refractivity contribution is 5.94. The number of aliphatic hydroxyl groups excluding tert-OH is 1. The van der Waals surface area contributed by atoms with Gasteiger partial charge in [-0.2, -0.15) is 0 Å². The second kappa shape index (κ2) is 5.32. The number of rotatable bonds is 3. The zero-order chi connectivity index (χ0) is 13.1. The predicted octanol–water partition coefficient (Wildman–Crippen LogP) is 2.01. The molecule has 2 N–H and O–H groups in total. The van der Waals surface area contributed by atoms with E-state index in [2.05, 4.69) is 33.0 Å². The van der Waals surface area contributed by atoms with Crippen molar-refractivity contribution in [1.82, 2.24) is 5.32 Å². The number of aryl methyl sites for hydroxylation is 1. The number of carbonyl (C=O) groups is 1. The lowest BCUT2D eigenvalue weighted by molar-refractivity contribution is 0.0944. The molecule has 0 aliphatic carbocycles. The molecule has 1 aromatic carbocycles. The van der Waals surface area contributed by atoms with E-state index < -0.39 is 0 Å². The molecule has 0 aromatic heterocycles. The van der Waals surface area contributed by atoms with Crippen LogP contribution >= 0.6 is 0 Å². The quantitative estimate of drug-likeness (QED) is 0.842. The molecule has 0 bridgehead atoms. The molecule has 3 heteroatoms. The number of nitrogens with one attached hydrogen (secondary N) is 1. The topological polar surface area (TPSA) is 49.3 Å². The molecule has 94 valence electrons. The van der Waals surface area contributed by atoms with Crippen LogP contribution < -0.4 is 5.32 Å². The third kappa shape index (κ3) is 3.56. The Morgan fingerprint density at radius 3 is 2.53 bits per heavy atom. The Balaban J connectivity index is 3.00. The van der Waals surface area contributed by atoms with Crippen molar-refractivity contribution in [3.05, 3.63) is 34.9 Å². The molecule has 17 heavy (non-hydrogen) atoms. The first-order chi connectivity index (χ1) is 7.86. The first kappa shape index (κ1) is 13.7. The summed E-state index contributed by atoms with van der Waals surface area (Å²) in [5.41, 5.74) is 3.04. The third-order valence-corrected chi connectivity index (χ3v) is 2.71. The Hall–Kier alpha value is -1.35. The molecule has 0 aliphatic heterocycles. The van der Waals surface area contributed by atoms with E-state index in [0.717, 1.165) is 0 Å². The van der Waals surface area contributed by atoms with E-state index in [1.165, 1.54) is 11.1 Å². The van der Waals surface area contributed by atoms with E-state index in [0.29, 0.717) is 5.56 Å². The summed E-state index contributed by atoms with van der Waals surface area (Å²) >= 11 is 0. The van der Waals surface area contributed by atoms with Crippen LogP contribution in [-0.2, 0) is 5.41 Å². The van der Waals surface area contributed by atoms with Gasteiger partial charge in [0.05, 0.1) is 6.61 Å². The highest BCUT2D eigenvalue weighted by Gasteiger charge is 2.18. The molecule has 0 unspecified atom stereocenters. The Kier molecular flexibility index (Phi) is 4.29. The van der Waals surface area contributed by atoms with E-state index >= 15 is 0 Å². The van der Waals surface area contributed by atoms with E-state index in [1.54, 1.807) is 0 Å². The van der Waals surface area contributed by atoms with E-state index in [-0.39, 0.29) is 24.5 Å². The van der Waals surface area contributed by atoms with Gasteiger partial charge in [-0.1, -0.05) is 26.8 Å². The van der Waals surface area contributed by atoms with Crippen LogP contribution in [0.4, 0.5) is 0 Å². The molecule has 1 amide bonds. The summed E-state index contributed by atoms with van der Waals surface area (Å²) in [6.45, 7) is 8.69. The number of benzene rings is 1. The van der Waals surface area contributed by atoms with Crippen molar-refractivity contribution in [2.24, 2.45) is 0 Å². The Morgan fingerprint density at radius 1 is 1.35 bits per heavy atom. The van der Waals surface area contributed by atoms with Crippen molar-refractivity contribution in [2.75, 3.05) is 13.2 Å². The zero-order valence-electron chi connectivity index (χ0n) is 11.0. The fourth-order valence-electron chi connectivity index (χ4n) is 1.84. The average molecular weight is 235 g/mol. The predicted molar refractivity (Wildman–Crippen MR) is 69.3 cm³/mol. The second-order valence-electron chi connectivity index (χ2n) is 5.26. The van der Waals surface area contributed by atoms with Crippen LogP contribution in [0.2, 0.25) is 0 Å². The lowest BCUT2D eigenvalue weighted by atomic mass is 9.83. The molecule has 1 aromatic rings. The fraction of sp³-hybridized carbons (Fsp3) is 0.500. The van der Waals surface area contributed by atoms with E-state index in [1.807, 2.05) is 18.2 Å². The van der Waals surface area contributed by atoms with Gasteiger partial charge in [0.25, 0.3) is 5.91 Å². The van der Waals surface area contributed by atoms with Crippen LogP contribution in [0.3, 0.4) is 0 Å². The molecule has 0 atom stereocenters. The molecule has 0 radical (unpaired) electrons. The molecule has 0 fully saturated rings. The van der Waals surface area contributed by atoms with Gasteiger partial charge < -0.3 is 10.4 Å². The minimum atomic E-state index is -0.135.